The first-order valence-electron chi connectivity index (χ1n) is 7.92. The second-order valence-electron chi connectivity index (χ2n) is 6.28. The van der Waals surface area contributed by atoms with E-state index in [4.69, 9.17) is 9.72 Å². The number of rotatable bonds is 2. The zero-order chi connectivity index (χ0) is 14.2. The van der Waals surface area contributed by atoms with Crippen LogP contribution in [0.4, 0.5) is 0 Å². The Morgan fingerprint density at radius 2 is 2.10 bits per heavy atom. The third-order valence-corrected chi connectivity index (χ3v) is 4.82. The van der Waals surface area contributed by atoms with Crippen molar-refractivity contribution in [2.24, 2.45) is 0 Å². The molecule has 0 radical (unpaired) electrons. The molecule has 112 valence electrons. The molecular formula is C16H22N4O. The molecule has 5 heteroatoms. The van der Waals surface area contributed by atoms with E-state index in [2.05, 4.69) is 27.6 Å². The molecular weight excluding hydrogens is 264 g/mol. The Morgan fingerprint density at radius 3 is 2.86 bits per heavy atom. The van der Waals surface area contributed by atoms with Crippen LogP contribution in [-0.4, -0.2) is 52.8 Å². The highest BCUT2D eigenvalue weighted by Crippen LogP contribution is 2.33. The quantitative estimate of drug-likeness (QED) is 0.849. The van der Waals surface area contributed by atoms with Crippen molar-refractivity contribution in [2.45, 2.75) is 31.2 Å². The second kappa shape index (κ2) is 5.39. The molecule has 0 aromatic carbocycles. The number of fused-ring (bicyclic) bond motifs is 1. The van der Waals surface area contributed by atoms with Gasteiger partial charge in [0.25, 0.3) is 0 Å². The molecule has 0 saturated carbocycles. The largest absolute Gasteiger partial charge is 0.381 e. The summed E-state index contributed by atoms with van der Waals surface area (Å²) in [6.07, 6.45) is 5.32. The van der Waals surface area contributed by atoms with E-state index in [1.54, 1.807) is 0 Å². The highest BCUT2D eigenvalue weighted by atomic mass is 16.5. The molecule has 1 unspecified atom stereocenters. The van der Waals surface area contributed by atoms with Crippen molar-refractivity contribution in [1.82, 2.24) is 19.4 Å². The SMILES string of the molecule is CN1CCC(n2c(C3CCOC3)nc3cccnc32)CC1. The van der Waals surface area contributed by atoms with Gasteiger partial charge in [0.15, 0.2) is 5.65 Å². The van der Waals surface area contributed by atoms with E-state index < -0.39 is 0 Å². The van der Waals surface area contributed by atoms with Crippen LogP contribution in [0.1, 0.15) is 37.0 Å². The van der Waals surface area contributed by atoms with Crippen LogP contribution in [0.5, 0.6) is 0 Å². The molecule has 2 aliphatic heterocycles. The monoisotopic (exact) mass is 286 g/mol. The van der Waals surface area contributed by atoms with Gasteiger partial charge >= 0.3 is 0 Å². The van der Waals surface area contributed by atoms with Gasteiger partial charge in [-0.3, -0.25) is 0 Å². The van der Waals surface area contributed by atoms with Crippen LogP contribution in [0.2, 0.25) is 0 Å². The van der Waals surface area contributed by atoms with Crippen molar-refractivity contribution in [2.75, 3.05) is 33.4 Å². The summed E-state index contributed by atoms with van der Waals surface area (Å²) in [5.41, 5.74) is 2.08. The van der Waals surface area contributed by atoms with Gasteiger partial charge in [0.2, 0.25) is 0 Å². The normalized spacial score (nSPS) is 24.9. The van der Waals surface area contributed by atoms with Gasteiger partial charge in [-0.25, -0.2) is 9.97 Å². The molecule has 0 spiro atoms. The van der Waals surface area contributed by atoms with Gasteiger partial charge in [0.05, 0.1) is 6.61 Å². The van der Waals surface area contributed by atoms with Crippen LogP contribution in [0.15, 0.2) is 18.3 Å². The van der Waals surface area contributed by atoms with Gasteiger partial charge in [-0.05, 0) is 51.5 Å². The number of pyridine rings is 1. The summed E-state index contributed by atoms with van der Waals surface area (Å²) in [5, 5.41) is 0. The molecule has 2 aliphatic rings. The van der Waals surface area contributed by atoms with E-state index in [0.717, 1.165) is 43.9 Å². The Bertz CT molecular complexity index is 624. The van der Waals surface area contributed by atoms with Gasteiger partial charge in [-0.15, -0.1) is 0 Å². The van der Waals surface area contributed by atoms with E-state index in [1.165, 1.54) is 18.7 Å². The average Bonchev–Trinajstić information content (AvgIpc) is 3.15. The summed E-state index contributed by atoms with van der Waals surface area (Å²) >= 11 is 0. The van der Waals surface area contributed by atoms with Gasteiger partial charge in [0.1, 0.15) is 11.3 Å². The summed E-state index contributed by atoms with van der Waals surface area (Å²) in [5.74, 6) is 1.62. The van der Waals surface area contributed by atoms with E-state index in [1.807, 2.05) is 12.3 Å². The fraction of sp³-hybridized carbons (Fsp3) is 0.625. The maximum Gasteiger partial charge on any atom is 0.160 e. The summed E-state index contributed by atoms with van der Waals surface area (Å²) in [6.45, 7) is 3.96. The zero-order valence-corrected chi connectivity index (χ0v) is 12.5. The molecule has 1 atom stereocenters. The van der Waals surface area contributed by atoms with Crippen molar-refractivity contribution < 1.29 is 4.74 Å². The third-order valence-electron chi connectivity index (χ3n) is 4.82. The zero-order valence-electron chi connectivity index (χ0n) is 12.5. The standard InChI is InChI=1S/C16H22N4O/c1-19-8-4-13(5-9-19)20-15(12-6-10-21-11-12)18-14-3-2-7-17-16(14)20/h2-3,7,12-13H,4-6,8-11H2,1H3. The van der Waals surface area contributed by atoms with Crippen LogP contribution in [0.3, 0.4) is 0 Å². The van der Waals surface area contributed by atoms with Crippen molar-refractivity contribution in [3.8, 4) is 0 Å². The molecule has 0 N–H and O–H groups in total. The lowest BCUT2D eigenvalue weighted by molar-refractivity contribution is 0.190. The van der Waals surface area contributed by atoms with Crippen molar-refractivity contribution in [1.29, 1.82) is 0 Å². The Hall–Kier alpha value is -1.46. The lowest BCUT2D eigenvalue weighted by Gasteiger charge is -2.31. The molecule has 2 aromatic heterocycles. The molecule has 5 nitrogen and oxygen atoms in total. The Kier molecular flexibility index (Phi) is 3.39. The maximum atomic E-state index is 5.58. The van der Waals surface area contributed by atoms with Gasteiger partial charge in [-0.1, -0.05) is 0 Å². The molecule has 21 heavy (non-hydrogen) atoms. The third kappa shape index (κ3) is 2.34. The lowest BCUT2D eigenvalue weighted by Crippen LogP contribution is -2.32. The summed E-state index contributed by atoms with van der Waals surface area (Å²) in [4.78, 5) is 11.9. The molecule has 2 fully saturated rings. The lowest BCUT2D eigenvalue weighted by atomic mass is 10.0. The number of hydrogen-bond donors (Lipinski definition) is 0. The van der Waals surface area contributed by atoms with Crippen LogP contribution in [0.25, 0.3) is 11.2 Å². The van der Waals surface area contributed by atoms with Crippen LogP contribution in [-0.2, 0) is 4.74 Å². The Morgan fingerprint density at radius 1 is 1.24 bits per heavy atom. The molecule has 2 saturated heterocycles. The molecule has 0 amide bonds. The fourth-order valence-electron chi connectivity index (χ4n) is 3.59. The number of likely N-dealkylation sites (tertiary alicyclic amines) is 1. The first-order chi connectivity index (χ1) is 10.3. The smallest absolute Gasteiger partial charge is 0.160 e. The van der Waals surface area contributed by atoms with Gasteiger partial charge in [-0.2, -0.15) is 0 Å². The molecule has 0 bridgehead atoms. The maximum absolute atomic E-state index is 5.58. The van der Waals surface area contributed by atoms with E-state index in [-0.39, 0.29) is 0 Å². The first-order valence-corrected chi connectivity index (χ1v) is 7.92. The van der Waals surface area contributed by atoms with Crippen LogP contribution >= 0.6 is 0 Å². The fourth-order valence-corrected chi connectivity index (χ4v) is 3.59. The van der Waals surface area contributed by atoms with Crippen molar-refractivity contribution in [3.63, 3.8) is 0 Å². The topological polar surface area (TPSA) is 43.2 Å². The Labute approximate surface area is 124 Å². The second-order valence-corrected chi connectivity index (χ2v) is 6.28. The highest BCUT2D eigenvalue weighted by Gasteiger charge is 2.29. The minimum atomic E-state index is 0.429. The number of ether oxygens (including phenoxy) is 1. The summed E-state index contributed by atoms with van der Waals surface area (Å²) in [7, 11) is 2.20. The van der Waals surface area contributed by atoms with Gasteiger partial charge in [0, 0.05) is 24.8 Å². The van der Waals surface area contributed by atoms with Crippen LogP contribution in [0, 0.1) is 0 Å². The van der Waals surface area contributed by atoms with E-state index >= 15 is 0 Å². The summed E-state index contributed by atoms with van der Waals surface area (Å²) < 4.78 is 8.00. The highest BCUT2D eigenvalue weighted by molar-refractivity contribution is 5.71. The predicted octanol–water partition coefficient (Wildman–Crippen LogP) is 2.20. The molecule has 2 aromatic rings. The number of aromatic nitrogens is 3. The Balaban J connectivity index is 1.78. The summed E-state index contributed by atoms with van der Waals surface area (Å²) in [6, 6.07) is 4.58. The number of hydrogen-bond acceptors (Lipinski definition) is 4. The molecule has 0 aliphatic carbocycles. The predicted molar refractivity (Wildman–Crippen MR) is 81.5 cm³/mol. The number of piperidine rings is 1. The van der Waals surface area contributed by atoms with E-state index in [0.29, 0.717) is 12.0 Å². The minimum Gasteiger partial charge on any atom is -0.381 e. The van der Waals surface area contributed by atoms with Crippen LogP contribution < -0.4 is 0 Å². The van der Waals surface area contributed by atoms with E-state index in [9.17, 15) is 0 Å². The molecule has 4 rings (SSSR count). The van der Waals surface area contributed by atoms with Crippen molar-refractivity contribution >= 4 is 11.2 Å². The number of nitrogens with zero attached hydrogens (tertiary/aromatic N) is 4. The average molecular weight is 286 g/mol. The first kappa shape index (κ1) is 13.2. The number of imidazole rings is 1. The minimum absolute atomic E-state index is 0.429. The van der Waals surface area contributed by atoms with Crippen molar-refractivity contribution in [3.05, 3.63) is 24.2 Å². The molecule has 4 heterocycles. The van der Waals surface area contributed by atoms with Gasteiger partial charge < -0.3 is 14.2 Å².